The first-order valence-corrected chi connectivity index (χ1v) is 8.65. The van der Waals surface area contributed by atoms with Gasteiger partial charge in [0.1, 0.15) is 12.1 Å². The molecule has 9 nitrogen and oxygen atoms in total. The molecule has 3 amide bonds. The van der Waals surface area contributed by atoms with Crippen molar-refractivity contribution in [2.75, 3.05) is 14.2 Å². The summed E-state index contributed by atoms with van der Waals surface area (Å²) in [6, 6.07) is 4.81. The fourth-order valence-electron chi connectivity index (χ4n) is 3.34. The normalized spacial score (nSPS) is 22.1. The Balaban J connectivity index is 1.53. The number of carbonyl (C=O) groups is 2. The number of hydrogen-bond donors (Lipinski definition) is 1. The van der Waals surface area contributed by atoms with Gasteiger partial charge >= 0.3 is 6.03 Å². The summed E-state index contributed by atoms with van der Waals surface area (Å²) in [6.07, 6.45) is 1.89. The Labute approximate surface area is 155 Å². The van der Waals surface area contributed by atoms with E-state index in [1.54, 1.807) is 32.2 Å². The summed E-state index contributed by atoms with van der Waals surface area (Å²) in [5.74, 6) is 1.59. The summed E-state index contributed by atoms with van der Waals surface area (Å²) >= 11 is 0. The zero-order chi connectivity index (χ0) is 19.2. The molecule has 1 atom stereocenters. The monoisotopic (exact) mass is 372 g/mol. The third kappa shape index (κ3) is 2.88. The molecule has 4 rings (SSSR count). The molecule has 1 aliphatic heterocycles. The highest BCUT2D eigenvalue weighted by atomic mass is 16.5. The Morgan fingerprint density at radius 3 is 2.67 bits per heavy atom. The molecule has 0 unspecified atom stereocenters. The van der Waals surface area contributed by atoms with Gasteiger partial charge in [-0.05, 0) is 43.9 Å². The van der Waals surface area contributed by atoms with Crippen molar-refractivity contribution in [3.8, 4) is 22.9 Å². The van der Waals surface area contributed by atoms with Crippen molar-refractivity contribution in [3.63, 3.8) is 0 Å². The molecular formula is C18H20N4O5. The van der Waals surface area contributed by atoms with E-state index in [4.69, 9.17) is 14.0 Å². The molecule has 1 saturated carbocycles. The fourth-order valence-corrected chi connectivity index (χ4v) is 3.34. The molecule has 2 heterocycles. The number of benzene rings is 1. The predicted octanol–water partition coefficient (Wildman–Crippen LogP) is 1.97. The Morgan fingerprint density at radius 1 is 1.26 bits per heavy atom. The molecule has 1 aromatic heterocycles. The van der Waals surface area contributed by atoms with Crippen molar-refractivity contribution in [3.05, 3.63) is 24.1 Å². The minimum atomic E-state index is -0.830. The van der Waals surface area contributed by atoms with Crippen LogP contribution in [-0.2, 0) is 11.3 Å². The van der Waals surface area contributed by atoms with Crippen LogP contribution in [0.4, 0.5) is 4.79 Å². The molecular weight excluding hydrogens is 352 g/mol. The van der Waals surface area contributed by atoms with Gasteiger partial charge in [0.15, 0.2) is 11.5 Å². The number of amides is 3. The van der Waals surface area contributed by atoms with Crippen LogP contribution in [0.5, 0.6) is 11.5 Å². The van der Waals surface area contributed by atoms with E-state index in [2.05, 4.69) is 15.5 Å². The van der Waals surface area contributed by atoms with Crippen LogP contribution in [0, 0.1) is 5.92 Å². The third-order valence-corrected chi connectivity index (χ3v) is 5.10. The molecule has 2 fully saturated rings. The van der Waals surface area contributed by atoms with Gasteiger partial charge in [-0.15, -0.1) is 0 Å². The maximum absolute atomic E-state index is 12.7. The molecule has 0 bridgehead atoms. The van der Waals surface area contributed by atoms with Gasteiger partial charge < -0.3 is 19.3 Å². The van der Waals surface area contributed by atoms with E-state index < -0.39 is 11.6 Å². The van der Waals surface area contributed by atoms with Crippen LogP contribution >= 0.6 is 0 Å². The standard InChI is InChI=1S/C18H20N4O5/c1-18(11-5-6-11)16(23)22(17(24)20-18)9-14-19-15(21-27-14)10-4-7-12(25-2)13(8-10)26-3/h4,7-8,11H,5-6,9H2,1-3H3,(H,20,24)/t18-/m1/s1. The largest absolute Gasteiger partial charge is 0.493 e. The number of urea groups is 1. The number of ether oxygens (including phenoxy) is 2. The number of nitrogens with one attached hydrogen (secondary N) is 1. The second kappa shape index (κ2) is 6.26. The summed E-state index contributed by atoms with van der Waals surface area (Å²) in [6.45, 7) is 1.71. The van der Waals surface area contributed by atoms with E-state index in [0.29, 0.717) is 22.9 Å². The first-order chi connectivity index (χ1) is 13.0. The molecule has 1 aromatic carbocycles. The van der Waals surface area contributed by atoms with Crippen LogP contribution in [0.15, 0.2) is 22.7 Å². The van der Waals surface area contributed by atoms with E-state index in [9.17, 15) is 9.59 Å². The molecule has 2 aromatic rings. The smallest absolute Gasteiger partial charge is 0.325 e. The summed E-state index contributed by atoms with van der Waals surface area (Å²) in [4.78, 5) is 30.4. The van der Waals surface area contributed by atoms with E-state index in [-0.39, 0.29) is 24.3 Å². The Bertz CT molecular complexity index is 907. The van der Waals surface area contributed by atoms with Crippen molar-refractivity contribution >= 4 is 11.9 Å². The van der Waals surface area contributed by atoms with Crippen molar-refractivity contribution in [2.24, 2.45) is 5.92 Å². The highest BCUT2D eigenvalue weighted by molar-refractivity contribution is 6.07. The Morgan fingerprint density at radius 2 is 2.00 bits per heavy atom. The van der Waals surface area contributed by atoms with Crippen LogP contribution in [0.1, 0.15) is 25.7 Å². The van der Waals surface area contributed by atoms with Gasteiger partial charge in [-0.2, -0.15) is 4.98 Å². The van der Waals surface area contributed by atoms with Crippen molar-refractivity contribution in [2.45, 2.75) is 31.8 Å². The fraction of sp³-hybridized carbons (Fsp3) is 0.444. The summed E-state index contributed by atoms with van der Waals surface area (Å²) < 4.78 is 15.7. The zero-order valence-electron chi connectivity index (χ0n) is 15.3. The average molecular weight is 372 g/mol. The van der Waals surface area contributed by atoms with Crippen LogP contribution in [-0.4, -0.2) is 46.7 Å². The summed E-state index contributed by atoms with van der Waals surface area (Å²) in [7, 11) is 3.09. The van der Waals surface area contributed by atoms with Gasteiger partial charge in [0, 0.05) is 5.56 Å². The number of carbonyl (C=O) groups excluding carboxylic acids is 2. The van der Waals surface area contributed by atoms with Crippen LogP contribution in [0.2, 0.25) is 0 Å². The lowest BCUT2D eigenvalue weighted by Crippen LogP contribution is -2.46. The first-order valence-electron chi connectivity index (χ1n) is 8.65. The molecule has 1 N–H and O–H groups in total. The average Bonchev–Trinajstić information content (AvgIpc) is 3.39. The molecule has 0 spiro atoms. The lowest BCUT2D eigenvalue weighted by atomic mass is 9.96. The lowest BCUT2D eigenvalue weighted by molar-refractivity contribution is -0.132. The summed E-state index contributed by atoms with van der Waals surface area (Å²) in [5.41, 5.74) is -0.161. The quantitative estimate of drug-likeness (QED) is 0.773. The van der Waals surface area contributed by atoms with E-state index >= 15 is 0 Å². The summed E-state index contributed by atoms with van der Waals surface area (Å²) in [5, 5.41) is 6.74. The molecule has 142 valence electrons. The molecule has 0 radical (unpaired) electrons. The Kier molecular flexibility index (Phi) is 4.01. The number of imide groups is 1. The Hall–Kier alpha value is -3.10. The maximum atomic E-state index is 12.7. The first kappa shape index (κ1) is 17.3. The number of rotatable bonds is 6. The lowest BCUT2D eigenvalue weighted by Gasteiger charge is -2.20. The van der Waals surface area contributed by atoms with Crippen molar-refractivity contribution < 1.29 is 23.6 Å². The highest BCUT2D eigenvalue weighted by Gasteiger charge is 2.56. The van der Waals surface area contributed by atoms with E-state index in [1.807, 2.05) is 0 Å². The highest BCUT2D eigenvalue weighted by Crippen LogP contribution is 2.42. The number of methoxy groups -OCH3 is 2. The van der Waals surface area contributed by atoms with E-state index in [0.717, 1.165) is 17.7 Å². The minimum Gasteiger partial charge on any atom is -0.493 e. The number of hydrogen-bond acceptors (Lipinski definition) is 7. The molecule has 9 heteroatoms. The van der Waals surface area contributed by atoms with Crippen molar-refractivity contribution in [1.29, 1.82) is 0 Å². The van der Waals surface area contributed by atoms with Gasteiger partial charge in [0.2, 0.25) is 11.7 Å². The van der Waals surface area contributed by atoms with E-state index in [1.165, 1.54) is 7.11 Å². The molecule has 1 aliphatic carbocycles. The van der Waals surface area contributed by atoms with Gasteiger partial charge in [0.25, 0.3) is 5.91 Å². The van der Waals surface area contributed by atoms with Crippen LogP contribution in [0.25, 0.3) is 11.4 Å². The van der Waals surface area contributed by atoms with Gasteiger partial charge in [-0.1, -0.05) is 5.16 Å². The maximum Gasteiger partial charge on any atom is 0.325 e. The minimum absolute atomic E-state index is 0.0622. The molecule has 27 heavy (non-hydrogen) atoms. The SMILES string of the molecule is COc1ccc(-c2noc(CN3C(=O)N[C@](C)(C4CC4)C3=O)n2)cc1OC. The second-order valence-electron chi connectivity index (χ2n) is 6.88. The van der Waals surface area contributed by atoms with Gasteiger partial charge in [0.05, 0.1) is 14.2 Å². The topological polar surface area (TPSA) is 107 Å². The van der Waals surface area contributed by atoms with Gasteiger partial charge in [-0.25, -0.2) is 4.79 Å². The second-order valence-corrected chi connectivity index (χ2v) is 6.88. The third-order valence-electron chi connectivity index (χ3n) is 5.10. The van der Waals surface area contributed by atoms with Crippen molar-refractivity contribution in [1.82, 2.24) is 20.4 Å². The van der Waals surface area contributed by atoms with Crippen LogP contribution < -0.4 is 14.8 Å². The predicted molar refractivity (Wildman–Crippen MR) is 93.0 cm³/mol. The van der Waals surface area contributed by atoms with Gasteiger partial charge in [-0.3, -0.25) is 9.69 Å². The number of nitrogens with zero attached hydrogens (tertiary/aromatic N) is 3. The molecule has 1 saturated heterocycles. The zero-order valence-corrected chi connectivity index (χ0v) is 15.3. The molecule has 2 aliphatic rings. The number of aromatic nitrogens is 2. The van der Waals surface area contributed by atoms with Crippen LogP contribution in [0.3, 0.4) is 0 Å².